The molecule has 1 aromatic heterocycles. The number of azo groups is 1. The average molecular weight is 249 g/mol. The highest BCUT2D eigenvalue weighted by Crippen LogP contribution is 2.25. The van der Waals surface area contributed by atoms with Crippen molar-refractivity contribution >= 4 is 22.3 Å². The number of aromatic hydroxyl groups is 1. The lowest BCUT2D eigenvalue weighted by Gasteiger charge is -1.99. The number of fused-ring (bicyclic) bond motifs is 1. The predicted octanol–water partition coefficient (Wildman–Crippen LogP) is 4.36. The van der Waals surface area contributed by atoms with Crippen LogP contribution in [0.4, 0.5) is 11.5 Å². The molecular weight excluding hydrogens is 238 g/mol. The minimum absolute atomic E-state index is 0.242. The largest absolute Gasteiger partial charge is 0.508 e. The Morgan fingerprint density at radius 2 is 1.74 bits per heavy atom. The Labute approximate surface area is 110 Å². The van der Waals surface area contributed by atoms with Crippen molar-refractivity contribution in [1.82, 2.24) is 4.98 Å². The van der Waals surface area contributed by atoms with E-state index in [1.807, 2.05) is 36.4 Å². The first-order chi connectivity index (χ1) is 9.31. The quantitative estimate of drug-likeness (QED) is 0.686. The summed E-state index contributed by atoms with van der Waals surface area (Å²) in [4.78, 5) is 4.07. The summed E-state index contributed by atoms with van der Waals surface area (Å²) in [6, 6.07) is 16.4. The maximum atomic E-state index is 9.46. The van der Waals surface area contributed by atoms with Gasteiger partial charge < -0.3 is 5.11 Å². The molecule has 0 unspecified atom stereocenters. The van der Waals surface area contributed by atoms with Gasteiger partial charge in [0.15, 0.2) is 5.82 Å². The third-order valence-electron chi connectivity index (χ3n) is 2.72. The molecule has 3 rings (SSSR count). The number of phenolic OH excluding ortho intramolecular Hbond substituents is 1. The molecular formula is C15H11N3O. The summed E-state index contributed by atoms with van der Waals surface area (Å²) in [7, 11) is 0. The van der Waals surface area contributed by atoms with E-state index in [2.05, 4.69) is 15.2 Å². The fourth-order valence-electron chi connectivity index (χ4n) is 1.81. The lowest BCUT2D eigenvalue weighted by molar-refractivity contribution is 0.476. The van der Waals surface area contributed by atoms with E-state index >= 15 is 0 Å². The smallest absolute Gasteiger partial charge is 0.174 e. The van der Waals surface area contributed by atoms with Crippen LogP contribution in [0.2, 0.25) is 0 Å². The fraction of sp³-hybridized carbons (Fsp3) is 0. The summed E-state index contributed by atoms with van der Waals surface area (Å²) < 4.78 is 0. The zero-order valence-electron chi connectivity index (χ0n) is 10.1. The number of rotatable bonds is 2. The van der Waals surface area contributed by atoms with Crippen molar-refractivity contribution in [2.75, 3.05) is 0 Å². The van der Waals surface area contributed by atoms with Gasteiger partial charge in [0.2, 0.25) is 0 Å². The number of phenols is 1. The molecule has 0 amide bonds. The van der Waals surface area contributed by atoms with Crippen LogP contribution >= 0.6 is 0 Å². The van der Waals surface area contributed by atoms with Crippen molar-refractivity contribution in [2.45, 2.75) is 0 Å². The first-order valence-electron chi connectivity index (χ1n) is 5.87. The number of pyridine rings is 1. The Hall–Kier alpha value is -2.75. The van der Waals surface area contributed by atoms with Gasteiger partial charge in [0.25, 0.3) is 0 Å². The van der Waals surface area contributed by atoms with Gasteiger partial charge in [-0.3, -0.25) is 0 Å². The van der Waals surface area contributed by atoms with Crippen LogP contribution in [0.15, 0.2) is 71.0 Å². The number of aromatic nitrogens is 1. The first-order valence-corrected chi connectivity index (χ1v) is 5.87. The zero-order valence-corrected chi connectivity index (χ0v) is 10.1. The molecule has 4 heteroatoms. The van der Waals surface area contributed by atoms with E-state index < -0.39 is 0 Å². The average Bonchev–Trinajstić information content (AvgIpc) is 2.46. The standard InChI is InChI=1S/C15H11N3O/c19-14-7-5-11-4-6-13(9-12(11)10-14)17-18-15-3-1-2-8-16-15/h1-10,19H. The van der Waals surface area contributed by atoms with E-state index in [4.69, 9.17) is 0 Å². The third kappa shape index (κ3) is 2.57. The molecule has 2 aromatic carbocycles. The van der Waals surface area contributed by atoms with Crippen LogP contribution in [0.5, 0.6) is 5.75 Å². The minimum Gasteiger partial charge on any atom is -0.508 e. The molecule has 3 aromatic rings. The number of hydrogen-bond acceptors (Lipinski definition) is 4. The van der Waals surface area contributed by atoms with E-state index in [1.165, 1.54) is 0 Å². The summed E-state index contributed by atoms with van der Waals surface area (Å²) in [5.74, 6) is 0.810. The van der Waals surface area contributed by atoms with Crippen molar-refractivity contribution in [3.63, 3.8) is 0 Å². The van der Waals surface area contributed by atoms with Crippen LogP contribution in [0.25, 0.3) is 10.8 Å². The summed E-state index contributed by atoms with van der Waals surface area (Å²) in [6.45, 7) is 0. The number of benzene rings is 2. The molecule has 0 aliphatic carbocycles. The van der Waals surface area contributed by atoms with Gasteiger partial charge in [-0.1, -0.05) is 18.2 Å². The number of hydrogen-bond donors (Lipinski definition) is 1. The fourth-order valence-corrected chi connectivity index (χ4v) is 1.81. The van der Waals surface area contributed by atoms with Gasteiger partial charge in [0.05, 0.1) is 5.69 Å². The van der Waals surface area contributed by atoms with Crippen molar-refractivity contribution in [3.8, 4) is 5.75 Å². The van der Waals surface area contributed by atoms with E-state index in [1.54, 1.807) is 24.4 Å². The monoisotopic (exact) mass is 249 g/mol. The Bertz CT molecular complexity index is 739. The maximum Gasteiger partial charge on any atom is 0.174 e. The van der Waals surface area contributed by atoms with Crippen LogP contribution in [-0.4, -0.2) is 10.1 Å². The lowest BCUT2D eigenvalue weighted by Crippen LogP contribution is -1.73. The van der Waals surface area contributed by atoms with Gasteiger partial charge in [-0.2, -0.15) is 0 Å². The van der Waals surface area contributed by atoms with Crippen LogP contribution in [0.3, 0.4) is 0 Å². The van der Waals surface area contributed by atoms with E-state index in [0.29, 0.717) is 5.82 Å². The Kier molecular flexibility index (Phi) is 2.90. The topological polar surface area (TPSA) is 57.8 Å². The van der Waals surface area contributed by atoms with Crippen LogP contribution in [0.1, 0.15) is 0 Å². The first kappa shape index (κ1) is 11.3. The molecule has 0 aliphatic heterocycles. The third-order valence-corrected chi connectivity index (χ3v) is 2.72. The second-order valence-electron chi connectivity index (χ2n) is 4.10. The van der Waals surface area contributed by atoms with E-state index in [0.717, 1.165) is 16.5 Å². The molecule has 0 saturated heterocycles. The predicted molar refractivity (Wildman–Crippen MR) is 74.0 cm³/mol. The Balaban J connectivity index is 1.95. The van der Waals surface area contributed by atoms with E-state index in [-0.39, 0.29) is 5.75 Å². The molecule has 0 saturated carbocycles. The van der Waals surface area contributed by atoms with Gasteiger partial charge in [-0.05, 0) is 47.2 Å². The highest BCUT2D eigenvalue weighted by Gasteiger charge is 1.97. The van der Waals surface area contributed by atoms with Crippen molar-refractivity contribution in [1.29, 1.82) is 0 Å². The number of nitrogens with zero attached hydrogens (tertiary/aromatic N) is 3. The molecule has 0 bridgehead atoms. The van der Waals surface area contributed by atoms with Gasteiger partial charge in [-0.25, -0.2) is 4.98 Å². The summed E-state index contributed by atoms with van der Waals surface area (Å²) >= 11 is 0. The van der Waals surface area contributed by atoms with Crippen LogP contribution < -0.4 is 0 Å². The molecule has 92 valence electrons. The normalized spacial score (nSPS) is 11.2. The molecule has 4 nitrogen and oxygen atoms in total. The maximum absolute atomic E-state index is 9.46. The second kappa shape index (κ2) is 4.86. The molecule has 0 fully saturated rings. The van der Waals surface area contributed by atoms with Crippen LogP contribution in [0, 0.1) is 0 Å². The SMILES string of the molecule is Oc1ccc2ccc(N=Nc3ccccn3)cc2c1. The Morgan fingerprint density at radius 1 is 0.842 bits per heavy atom. The summed E-state index contributed by atoms with van der Waals surface area (Å²) in [5.41, 5.74) is 0.726. The minimum atomic E-state index is 0.242. The highest BCUT2D eigenvalue weighted by atomic mass is 16.3. The molecule has 19 heavy (non-hydrogen) atoms. The lowest BCUT2D eigenvalue weighted by atomic mass is 10.1. The molecule has 0 aliphatic rings. The molecule has 0 spiro atoms. The van der Waals surface area contributed by atoms with Crippen molar-refractivity contribution < 1.29 is 5.11 Å². The second-order valence-corrected chi connectivity index (χ2v) is 4.10. The van der Waals surface area contributed by atoms with Gasteiger partial charge in [0.1, 0.15) is 5.75 Å². The van der Waals surface area contributed by atoms with Crippen molar-refractivity contribution in [2.24, 2.45) is 10.2 Å². The molecule has 1 heterocycles. The van der Waals surface area contributed by atoms with Gasteiger partial charge in [-0.15, -0.1) is 10.2 Å². The van der Waals surface area contributed by atoms with Crippen molar-refractivity contribution in [3.05, 3.63) is 60.8 Å². The van der Waals surface area contributed by atoms with Gasteiger partial charge >= 0.3 is 0 Å². The zero-order chi connectivity index (χ0) is 13.1. The summed E-state index contributed by atoms with van der Waals surface area (Å²) in [5, 5.41) is 19.6. The van der Waals surface area contributed by atoms with Gasteiger partial charge in [0, 0.05) is 6.20 Å². The summed E-state index contributed by atoms with van der Waals surface area (Å²) in [6.07, 6.45) is 1.67. The molecule has 0 atom stereocenters. The Morgan fingerprint density at radius 3 is 2.58 bits per heavy atom. The highest BCUT2D eigenvalue weighted by molar-refractivity contribution is 5.86. The molecule has 0 radical (unpaired) electrons. The van der Waals surface area contributed by atoms with Crippen LogP contribution in [-0.2, 0) is 0 Å². The van der Waals surface area contributed by atoms with E-state index in [9.17, 15) is 5.11 Å². The molecule has 1 N–H and O–H groups in total.